The molecule has 0 aromatic carbocycles. The normalized spacial score (nSPS) is 23.2. The number of hydrogen-bond donors (Lipinski definition) is 1. The molecule has 1 atom stereocenters. The van der Waals surface area contributed by atoms with Crippen LogP contribution in [0.1, 0.15) is 29.7 Å². The predicted molar refractivity (Wildman–Crippen MR) is 63.7 cm³/mol. The van der Waals surface area contributed by atoms with E-state index in [9.17, 15) is 0 Å². The minimum Gasteiger partial charge on any atom is -0.326 e. The Labute approximate surface area is 95.3 Å². The van der Waals surface area contributed by atoms with Crippen molar-refractivity contribution in [2.75, 3.05) is 13.1 Å². The number of thiazole rings is 1. The number of nitrogens with zero attached hydrogens (tertiary/aromatic N) is 2. The Morgan fingerprint density at radius 2 is 2.53 bits per heavy atom. The zero-order chi connectivity index (χ0) is 10.7. The van der Waals surface area contributed by atoms with Crippen molar-refractivity contribution in [3.8, 4) is 0 Å². The summed E-state index contributed by atoms with van der Waals surface area (Å²) in [6, 6.07) is 0. The molecule has 3 nitrogen and oxygen atoms in total. The average molecular weight is 225 g/mol. The van der Waals surface area contributed by atoms with Gasteiger partial charge in [-0.1, -0.05) is 6.92 Å². The molecule has 0 aliphatic carbocycles. The highest BCUT2D eigenvalue weighted by Gasteiger charge is 2.17. The van der Waals surface area contributed by atoms with Crippen LogP contribution in [0.4, 0.5) is 0 Å². The van der Waals surface area contributed by atoms with E-state index in [0.29, 0.717) is 6.54 Å². The molecule has 1 aromatic rings. The fraction of sp³-hybridized carbons (Fsp3) is 0.727. The molecule has 0 spiro atoms. The molecule has 0 bridgehead atoms. The van der Waals surface area contributed by atoms with Crippen molar-refractivity contribution in [2.24, 2.45) is 11.7 Å². The van der Waals surface area contributed by atoms with Crippen LogP contribution >= 0.6 is 11.3 Å². The first-order valence-corrected chi connectivity index (χ1v) is 6.45. The number of nitrogens with two attached hydrogens (primary N) is 1. The van der Waals surface area contributed by atoms with E-state index in [1.165, 1.54) is 35.8 Å². The standard InChI is InChI=1S/C11H19N3S/c1-9-3-2-4-14(7-9)8-11-13-6-10(5-12)15-11/h6,9H,2-5,7-8,12H2,1H3. The topological polar surface area (TPSA) is 42.2 Å². The molecule has 2 N–H and O–H groups in total. The van der Waals surface area contributed by atoms with Crippen LogP contribution in [0, 0.1) is 5.92 Å². The Morgan fingerprint density at radius 3 is 3.20 bits per heavy atom. The maximum atomic E-state index is 5.58. The van der Waals surface area contributed by atoms with E-state index in [-0.39, 0.29) is 0 Å². The summed E-state index contributed by atoms with van der Waals surface area (Å²) in [6.45, 7) is 6.40. The molecular formula is C11H19N3S. The van der Waals surface area contributed by atoms with Crippen LogP contribution in [0.25, 0.3) is 0 Å². The van der Waals surface area contributed by atoms with E-state index >= 15 is 0 Å². The van der Waals surface area contributed by atoms with Crippen molar-refractivity contribution in [1.29, 1.82) is 0 Å². The number of hydrogen-bond acceptors (Lipinski definition) is 4. The van der Waals surface area contributed by atoms with Crippen molar-refractivity contribution < 1.29 is 0 Å². The maximum Gasteiger partial charge on any atom is 0.107 e. The first kappa shape index (κ1) is 11.0. The summed E-state index contributed by atoms with van der Waals surface area (Å²) in [5, 5.41) is 1.21. The van der Waals surface area contributed by atoms with Crippen molar-refractivity contribution in [2.45, 2.75) is 32.9 Å². The Balaban J connectivity index is 1.90. The van der Waals surface area contributed by atoms with E-state index in [1.807, 2.05) is 6.20 Å². The average Bonchev–Trinajstić information content (AvgIpc) is 2.65. The van der Waals surface area contributed by atoms with Gasteiger partial charge in [0, 0.05) is 24.2 Å². The third-order valence-electron chi connectivity index (χ3n) is 2.90. The van der Waals surface area contributed by atoms with Crippen LogP contribution in [-0.2, 0) is 13.1 Å². The second-order valence-electron chi connectivity index (χ2n) is 4.41. The van der Waals surface area contributed by atoms with Crippen LogP contribution in [0.15, 0.2) is 6.20 Å². The van der Waals surface area contributed by atoms with Crippen molar-refractivity contribution in [1.82, 2.24) is 9.88 Å². The lowest BCUT2D eigenvalue weighted by molar-refractivity contribution is 0.176. The highest BCUT2D eigenvalue weighted by Crippen LogP contribution is 2.20. The minimum absolute atomic E-state index is 0.619. The molecule has 1 aromatic heterocycles. The molecule has 0 saturated carbocycles. The summed E-state index contributed by atoms with van der Waals surface area (Å²) in [5.41, 5.74) is 5.58. The van der Waals surface area contributed by atoms with Gasteiger partial charge in [0.2, 0.25) is 0 Å². The summed E-state index contributed by atoms with van der Waals surface area (Å²) < 4.78 is 0. The van der Waals surface area contributed by atoms with E-state index in [1.54, 1.807) is 11.3 Å². The molecule has 1 fully saturated rings. The van der Waals surface area contributed by atoms with Gasteiger partial charge in [-0.05, 0) is 25.3 Å². The lowest BCUT2D eigenvalue weighted by Gasteiger charge is -2.29. The largest absolute Gasteiger partial charge is 0.326 e. The lowest BCUT2D eigenvalue weighted by Crippen LogP contribution is -2.33. The monoisotopic (exact) mass is 225 g/mol. The van der Waals surface area contributed by atoms with E-state index in [4.69, 9.17) is 5.73 Å². The molecule has 0 amide bonds. The highest BCUT2D eigenvalue weighted by atomic mass is 32.1. The van der Waals surface area contributed by atoms with Crippen molar-refractivity contribution >= 4 is 11.3 Å². The van der Waals surface area contributed by atoms with E-state index in [0.717, 1.165) is 12.5 Å². The van der Waals surface area contributed by atoms with Crippen LogP contribution < -0.4 is 5.73 Å². The smallest absolute Gasteiger partial charge is 0.107 e. The van der Waals surface area contributed by atoms with Gasteiger partial charge in [-0.15, -0.1) is 11.3 Å². The number of rotatable bonds is 3. The molecule has 84 valence electrons. The van der Waals surface area contributed by atoms with Crippen molar-refractivity contribution in [3.63, 3.8) is 0 Å². The Hall–Kier alpha value is -0.450. The second-order valence-corrected chi connectivity index (χ2v) is 5.61. The zero-order valence-corrected chi connectivity index (χ0v) is 10.1. The molecule has 0 radical (unpaired) electrons. The summed E-state index contributed by atoms with van der Waals surface area (Å²) in [7, 11) is 0. The molecule has 2 heterocycles. The Bertz CT molecular complexity index is 311. The van der Waals surface area contributed by atoms with Crippen LogP contribution in [0.5, 0.6) is 0 Å². The molecule has 1 aliphatic heterocycles. The molecule has 1 saturated heterocycles. The van der Waals surface area contributed by atoms with E-state index in [2.05, 4.69) is 16.8 Å². The SMILES string of the molecule is CC1CCCN(Cc2ncc(CN)s2)C1. The molecule has 2 rings (SSSR count). The minimum atomic E-state index is 0.619. The summed E-state index contributed by atoms with van der Waals surface area (Å²) in [5.74, 6) is 0.840. The fourth-order valence-corrected chi connectivity index (χ4v) is 2.98. The number of likely N-dealkylation sites (tertiary alicyclic amines) is 1. The third kappa shape index (κ3) is 3.00. The van der Waals surface area contributed by atoms with Gasteiger partial charge in [0.25, 0.3) is 0 Å². The maximum absolute atomic E-state index is 5.58. The number of piperidine rings is 1. The van der Waals surface area contributed by atoms with Gasteiger partial charge in [-0.2, -0.15) is 0 Å². The van der Waals surface area contributed by atoms with Gasteiger partial charge in [0.15, 0.2) is 0 Å². The quantitative estimate of drug-likeness (QED) is 0.853. The summed E-state index contributed by atoms with van der Waals surface area (Å²) >= 11 is 1.75. The molecule has 1 aliphatic rings. The molecule has 4 heteroatoms. The third-order valence-corrected chi connectivity index (χ3v) is 3.91. The van der Waals surface area contributed by atoms with Gasteiger partial charge in [-0.25, -0.2) is 4.98 Å². The van der Waals surface area contributed by atoms with Crippen LogP contribution in [-0.4, -0.2) is 23.0 Å². The molecule has 15 heavy (non-hydrogen) atoms. The van der Waals surface area contributed by atoms with Gasteiger partial charge < -0.3 is 5.73 Å². The van der Waals surface area contributed by atoms with Crippen LogP contribution in [0.2, 0.25) is 0 Å². The Kier molecular flexibility index (Phi) is 3.72. The summed E-state index contributed by atoms with van der Waals surface area (Å²) in [4.78, 5) is 8.10. The highest BCUT2D eigenvalue weighted by molar-refractivity contribution is 7.11. The number of aromatic nitrogens is 1. The first-order chi connectivity index (χ1) is 7.28. The Morgan fingerprint density at radius 1 is 1.67 bits per heavy atom. The first-order valence-electron chi connectivity index (χ1n) is 5.64. The molecule has 1 unspecified atom stereocenters. The van der Waals surface area contributed by atoms with Gasteiger partial charge in [0.05, 0.1) is 6.54 Å². The van der Waals surface area contributed by atoms with Gasteiger partial charge in [0.1, 0.15) is 5.01 Å². The predicted octanol–water partition coefficient (Wildman–Crippen LogP) is 1.83. The second kappa shape index (κ2) is 5.05. The zero-order valence-electron chi connectivity index (χ0n) is 9.28. The fourth-order valence-electron chi connectivity index (χ4n) is 2.14. The lowest BCUT2D eigenvalue weighted by atomic mass is 10.0. The summed E-state index contributed by atoms with van der Waals surface area (Å²) in [6.07, 6.45) is 4.62. The van der Waals surface area contributed by atoms with Gasteiger partial charge >= 0.3 is 0 Å². The van der Waals surface area contributed by atoms with Gasteiger partial charge in [-0.3, -0.25) is 4.90 Å². The van der Waals surface area contributed by atoms with Crippen molar-refractivity contribution in [3.05, 3.63) is 16.1 Å². The van der Waals surface area contributed by atoms with E-state index < -0.39 is 0 Å². The molecular weight excluding hydrogens is 206 g/mol. The van der Waals surface area contributed by atoms with Crippen LogP contribution in [0.3, 0.4) is 0 Å².